The van der Waals surface area contributed by atoms with Crippen LogP contribution >= 0.6 is 0 Å². The molecule has 8 nitrogen and oxygen atoms in total. The Balaban J connectivity index is 1.78. The monoisotopic (exact) mass is 494 g/mol. The number of rotatable bonds is 5. The van der Waals surface area contributed by atoms with E-state index < -0.39 is 26.9 Å². The van der Waals surface area contributed by atoms with Gasteiger partial charge in [-0.3, -0.25) is 0 Å². The minimum Gasteiger partial charge on any atom is -0.368 e. The number of aromatic amines is 1. The molecule has 0 unspecified atom stereocenters. The zero-order valence-electron chi connectivity index (χ0n) is 18.7. The Kier molecular flexibility index (Phi) is 5.36. The summed E-state index contributed by atoms with van der Waals surface area (Å²) in [5.74, 6) is -1.77. The first-order valence-corrected chi connectivity index (χ1v) is 12.2. The average Bonchev–Trinajstić information content (AvgIpc) is 3.40. The molecule has 178 valence electrons. The minimum absolute atomic E-state index is 0.0163. The Bertz CT molecular complexity index is 1660. The van der Waals surface area contributed by atoms with Crippen LogP contribution in [0.3, 0.4) is 0 Å². The van der Waals surface area contributed by atoms with E-state index in [1.54, 1.807) is 6.07 Å². The van der Waals surface area contributed by atoms with Crippen LogP contribution in [-0.2, 0) is 10.0 Å². The Morgan fingerprint density at radius 3 is 2.31 bits per heavy atom. The lowest BCUT2D eigenvalue weighted by molar-refractivity contribution is 0.580. The van der Waals surface area contributed by atoms with Crippen LogP contribution in [0.25, 0.3) is 45.1 Å². The first-order chi connectivity index (χ1) is 16.7. The summed E-state index contributed by atoms with van der Waals surface area (Å²) in [5.41, 5.74) is 7.88. The fourth-order valence-electron chi connectivity index (χ4n) is 3.80. The summed E-state index contributed by atoms with van der Waals surface area (Å²) >= 11 is 0. The lowest BCUT2D eigenvalue weighted by Crippen LogP contribution is -2.23. The van der Waals surface area contributed by atoms with E-state index in [0.717, 1.165) is 16.1 Å². The van der Waals surface area contributed by atoms with E-state index in [1.165, 1.54) is 26.1 Å². The fourth-order valence-corrected chi connectivity index (χ4v) is 4.94. The maximum Gasteiger partial charge on any atom is 0.244 e. The number of H-pyrrole nitrogens is 1. The normalized spacial score (nSPS) is 12.0. The van der Waals surface area contributed by atoms with E-state index >= 15 is 0 Å². The zero-order chi connectivity index (χ0) is 24.9. The van der Waals surface area contributed by atoms with Crippen molar-refractivity contribution in [2.75, 3.05) is 5.73 Å². The van der Waals surface area contributed by atoms with Crippen molar-refractivity contribution in [1.29, 1.82) is 0 Å². The van der Waals surface area contributed by atoms with Crippen LogP contribution in [-0.4, -0.2) is 37.6 Å². The molecule has 0 saturated heterocycles. The molecule has 0 saturated carbocycles. The van der Waals surface area contributed by atoms with Crippen molar-refractivity contribution in [1.82, 2.24) is 23.9 Å². The lowest BCUT2D eigenvalue weighted by atomic mass is 10.1. The molecule has 0 aliphatic rings. The smallest absolute Gasteiger partial charge is 0.244 e. The van der Waals surface area contributed by atoms with Crippen molar-refractivity contribution in [3.05, 3.63) is 72.4 Å². The largest absolute Gasteiger partial charge is 0.368 e. The fraction of sp³-hybridized carbons (Fsp3) is 0.125. The van der Waals surface area contributed by atoms with Gasteiger partial charge in [0.1, 0.15) is 23.0 Å². The average molecular weight is 495 g/mol. The number of hydrogen-bond donors (Lipinski definition) is 2. The van der Waals surface area contributed by atoms with Crippen LogP contribution in [0.5, 0.6) is 0 Å². The van der Waals surface area contributed by atoms with Crippen molar-refractivity contribution >= 4 is 27.1 Å². The minimum atomic E-state index is -3.84. The highest BCUT2D eigenvalue weighted by atomic mass is 32.2. The summed E-state index contributed by atoms with van der Waals surface area (Å²) in [5, 5.41) is -0.758. The van der Waals surface area contributed by atoms with Gasteiger partial charge in [0.25, 0.3) is 0 Å². The number of pyridine rings is 1. The number of imidazole rings is 2. The first kappa shape index (κ1) is 22.7. The van der Waals surface area contributed by atoms with Crippen LogP contribution in [0.2, 0.25) is 0 Å². The van der Waals surface area contributed by atoms with Crippen molar-refractivity contribution in [2.45, 2.75) is 19.1 Å². The number of nitrogens with zero attached hydrogens (tertiary/aromatic N) is 4. The second-order valence-electron chi connectivity index (χ2n) is 8.17. The van der Waals surface area contributed by atoms with Gasteiger partial charge in [-0.25, -0.2) is 31.1 Å². The molecule has 0 atom stereocenters. The van der Waals surface area contributed by atoms with Gasteiger partial charge in [0.15, 0.2) is 5.65 Å². The third-order valence-electron chi connectivity index (χ3n) is 5.58. The summed E-state index contributed by atoms with van der Waals surface area (Å²) < 4.78 is 55.9. The van der Waals surface area contributed by atoms with Crippen LogP contribution in [0.15, 0.2) is 60.8 Å². The number of nitrogens with one attached hydrogen (secondary N) is 1. The topological polar surface area (TPSA) is 120 Å². The molecule has 0 amide bonds. The van der Waals surface area contributed by atoms with Gasteiger partial charge < -0.3 is 10.7 Å². The van der Waals surface area contributed by atoms with Gasteiger partial charge in [0, 0.05) is 17.3 Å². The maximum absolute atomic E-state index is 14.5. The van der Waals surface area contributed by atoms with E-state index in [2.05, 4.69) is 19.9 Å². The SMILES string of the molecule is CC(C)S(=O)(=O)n1c(N)nc2ncc(-c3nc(-c4c(F)cccc4F)[nH]c3-c3ccccc3)cc21. The molecule has 0 radical (unpaired) electrons. The van der Waals surface area contributed by atoms with Gasteiger partial charge in [0.05, 0.1) is 22.2 Å². The molecular formula is C24H20F2N6O2S. The summed E-state index contributed by atoms with van der Waals surface area (Å²) in [6, 6.07) is 14.2. The predicted molar refractivity (Wildman–Crippen MR) is 130 cm³/mol. The molecule has 2 aromatic carbocycles. The molecule has 3 N–H and O–H groups in total. The summed E-state index contributed by atoms with van der Waals surface area (Å²) in [6.45, 7) is 3.07. The highest BCUT2D eigenvalue weighted by Crippen LogP contribution is 2.35. The van der Waals surface area contributed by atoms with Gasteiger partial charge in [-0.1, -0.05) is 36.4 Å². The third kappa shape index (κ3) is 3.73. The van der Waals surface area contributed by atoms with E-state index in [-0.39, 0.29) is 28.5 Å². The third-order valence-corrected chi connectivity index (χ3v) is 7.67. The molecule has 0 aliphatic heterocycles. The standard InChI is InChI=1S/C24H20F2N6O2S/c1-13(2)35(33,34)32-18-11-15(12-28-22(18)31-24(32)27)21-20(14-7-4-3-5-8-14)29-23(30-21)19-16(25)9-6-10-17(19)26/h3-13H,1-2H3,(H,29,30)(H2,27,28,31). The Labute approximate surface area is 199 Å². The molecule has 0 aliphatic carbocycles. The molecule has 5 aromatic rings. The number of benzene rings is 2. The number of halogens is 2. The number of anilines is 1. The Morgan fingerprint density at radius 2 is 1.66 bits per heavy atom. The summed E-state index contributed by atoms with van der Waals surface area (Å²) in [7, 11) is -3.84. The van der Waals surface area contributed by atoms with E-state index in [4.69, 9.17) is 5.73 Å². The van der Waals surface area contributed by atoms with Crippen LogP contribution in [0.4, 0.5) is 14.7 Å². The highest BCUT2D eigenvalue weighted by molar-refractivity contribution is 7.90. The van der Waals surface area contributed by atoms with Crippen molar-refractivity contribution < 1.29 is 17.2 Å². The molecule has 35 heavy (non-hydrogen) atoms. The second-order valence-corrected chi connectivity index (χ2v) is 10.5. The molecule has 0 fully saturated rings. The van der Waals surface area contributed by atoms with Crippen molar-refractivity contribution in [3.63, 3.8) is 0 Å². The molecule has 3 heterocycles. The Hall–Kier alpha value is -4.12. The number of nitrogens with two attached hydrogens (primary N) is 1. The van der Waals surface area contributed by atoms with Gasteiger partial charge in [-0.2, -0.15) is 4.98 Å². The van der Waals surface area contributed by atoms with E-state index in [0.29, 0.717) is 22.5 Å². The number of nitrogen functional groups attached to an aromatic ring is 1. The maximum atomic E-state index is 14.5. The molecule has 11 heteroatoms. The van der Waals surface area contributed by atoms with Gasteiger partial charge in [0.2, 0.25) is 16.0 Å². The van der Waals surface area contributed by atoms with Crippen LogP contribution in [0.1, 0.15) is 13.8 Å². The molecule has 5 rings (SSSR count). The van der Waals surface area contributed by atoms with E-state index in [1.807, 2.05) is 30.3 Å². The van der Waals surface area contributed by atoms with Crippen molar-refractivity contribution in [3.8, 4) is 33.9 Å². The number of fused-ring (bicyclic) bond motifs is 1. The number of aromatic nitrogens is 5. The van der Waals surface area contributed by atoms with Crippen molar-refractivity contribution in [2.24, 2.45) is 0 Å². The first-order valence-electron chi connectivity index (χ1n) is 10.7. The molecular weight excluding hydrogens is 474 g/mol. The predicted octanol–water partition coefficient (Wildman–Crippen LogP) is 4.60. The van der Waals surface area contributed by atoms with Gasteiger partial charge >= 0.3 is 0 Å². The zero-order valence-corrected chi connectivity index (χ0v) is 19.5. The molecule has 3 aromatic heterocycles. The molecule has 0 spiro atoms. The van der Waals surface area contributed by atoms with Crippen LogP contribution < -0.4 is 5.73 Å². The lowest BCUT2D eigenvalue weighted by Gasteiger charge is -2.11. The van der Waals surface area contributed by atoms with E-state index in [9.17, 15) is 17.2 Å². The molecule has 0 bridgehead atoms. The Morgan fingerprint density at radius 1 is 0.971 bits per heavy atom. The van der Waals surface area contributed by atoms with Gasteiger partial charge in [-0.15, -0.1) is 0 Å². The highest BCUT2D eigenvalue weighted by Gasteiger charge is 2.26. The quantitative estimate of drug-likeness (QED) is 0.368. The summed E-state index contributed by atoms with van der Waals surface area (Å²) in [6.07, 6.45) is 1.46. The second kappa shape index (κ2) is 8.27. The number of hydrogen-bond acceptors (Lipinski definition) is 6. The van der Waals surface area contributed by atoms with Gasteiger partial charge in [-0.05, 0) is 32.0 Å². The summed E-state index contributed by atoms with van der Waals surface area (Å²) in [4.78, 5) is 15.9. The van der Waals surface area contributed by atoms with Crippen LogP contribution in [0, 0.1) is 11.6 Å².